The minimum absolute atomic E-state index is 0. The predicted octanol–water partition coefficient (Wildman–Crippen LogP) is -4.25. The third-order valence-corrected chi connectivity index (χ3v) is 0.552. The Hall–Kier alpha value is -0.100. The second-order valence-corrected chi connectivity index (χ2v) is 1.39. The number of carboxylic acids is 2. The van der Waals surface area contributed by atoms with E-state index in [1.54, 1.807) is 0 Å². The molecule has 0 amide bonds. The standard InChI is InChI=1S/C4H7NO4.Na/c6-3(7)1-5-2-4(8)9;/h5H,1-2H2,(H,6,7)(H,8,9);/q;+1. The van der Waals surface area contributed by atoms with Crippen LogP contribution in [0.3, 0.4) is 0 Å². The van der Waals surface area contributed by atoms with E-state index in [1.165, 1.54) is 0 Å². The van der Waals surface area contributed by atoms with E-state index in [4.69, 9.17) is 10.2 Å². The summed E-state index contributed by atoms with van der Waals surface area (Å²) in [4.78, 5) is 19.5. The van der Waals surface area contributed by atoms with Gasteiger partial charge in [-0.2, -0.15) is 0 Å². The molecule has 6 heteroatoms. The monoisotopic (exact) mass is 156 g/mol. The average molecular weight is 156 g/mol. The molecule has 0 aromatic rings. The zero-order valence-electron chi connectivity index (χ0n) is 5.63. The molecule has 0 bridgehead atoms. The first-order valence-electron chi connectivity index (χ1n) is 2.27. The molecule has 3 N–H and O–H groups in total. The minimum atomic E-state index is -1.06. The van der Waals surface area contributed by atoms with Crippen LogP contribution in [-0.2, 0) is 9.59 Å². The summed E-state index contributed by atoms with van der Waals surface area (Å²) >= 11 is 0. The fraction of sp³-hybridized carbons (Fsp3) is 0.500. The SMILES string of the molecule is O=C(O)CNCC(=O)O.[Na+]. The summed E-state index contributed by atoms with van der Waals surface area (Å²) in [5, 5.41) is 18.1. The topological polar surface area (TPSA) is 86.6 Å². The van der Waals surface area contributed by atoms with Gasteiger partial charge in [-0.25, -0.2) is 0 Å². The molecule has 0 aliphatic rings. The molecule has 0 saturated heterocycles. The summed E-state index contributed by atoms with van der Waals surface area (Å²) in [5.41, 5.74) is 0. The van der Waals surface area contributed by atoms with Crippen molar-refractivity contribution in [2.45, 2.75) is 0 Å². The number of carboxylic acid groups (broad SMARTS) is 2. The van der Waals surface area contributed by atoms with Gasteiger partial charge in [-0.05, 0) is 0 Å². The third-order valence-electron chi connectivity index (χ3n) is 0.552. The number of carbonyl (C=O) groups is 2. The van der Waals surface area contributed by atoms with Gasteiger partial charge in [0.15, 0.2) is 0 Å². The van der Waals surface area contributed by atoms with Gasteiger partial charge in [0.1, 0.15) is 0 Å². The number of hydrogen-bond donors (Lipinski definition) is 3. The maximum absolute atomic E-state index is 9.73. The predicted molar refractivity (Wildman–Crippen MR) is 28.1 cm³/mol. The van der Waals surface area contributed by atoms with E-state index in [9.17, 15) is 9.59 Å². The first kappa shape index (κ1) is 12.6. The second-order valence-electron chi connectivity index (χ2n) is 1.39. The van der Waals surface area contributed by atoms with Gasteiger partial charge in [0, 0.05) is 0 Å². The maximum Gasteiger partial charge on any atom is 1.00 e. The molecule has 0 fully saturated rings. The van der Waals surface area contributed by atoms with Gasteiger partial charge in [-0.15, -0.1) is 0 Å². The van der Waals surface area contributed by atoms with Crippen LogP contribution in [0.5, 0.6) is 0 Å². The molecule has 0 atom stereocenters. The van der Waals surface area contributed by atoms with Crippen molar-refractivity contribution in [3.8, 4) is 0 Å². The molecule has 0 heterocycles. The van der Waals surface area contributed by atoms with E-state index in [1.807, 2.05) is 0 Å². The van der Waals surface area contributed by atoms with Crippen molar-refractivity contribution in [2.75, 3.05) is 13.1 Å². The van der Waals surface area contributed by atoms with Gasteiger partial charge in [-0.1, -0.05) is 0 Å². The third kappa shape index (κ3) is 10.8. The average Bonchev–Trinajstić information content (AvgIpc) is 1.63. The molecule has 0 spiro atoms. The van der Waals surface area contributed by atoms with Crippen LogP contribution in [0.4, 0.5) is 0 Å². The number of nitrogens with one attached hydrogen (secondary N) is 1. The van der Waals surface area contributed by atoms with Gasteiger partial charge in [0.25, 0.3) is 0 Å². The molecular weight excluding hydrogens is 149 g/mol. The summed E-state index contributed by atoms with van der Waals surface area (Å²) < 4.78 is 0. The Morgan fingerprint density at radius 2 is 1.40 bits per heavy atom. The second kappa shape index (κ2) is 7.01. The van der Waals surface area contributed by atoms with Gasteiger partial charge in [0.2, 0.25) is 0 Å². The normalized spacial score (nSPS) is 8.00. The van der Waals surface area contributed by atoms with Crippen LogP contribution in [0, 0.1) is 0 Å². The molecule has 0 aliphatic heterocycles. The van der Waals surface area contributed by atoms with Crippen molar-refractivity contribution in [2.24, 2.45) is 0 Å². The summed E-state index contributed by atoms with van der Waals surface area (Å²) in [6.07, 6.45) is 0. The molecule has 0 aromatic heterocycles. The molecule has 5 nitrogen and oxygen atoms in total. The Morgan fingerprint density at radius 1 is 1.10 bits per heavy atom. The van der Waals surface area contributed by atoms with Gasteiger partial charge in [-0.3, -0.25) is 14.9 Å². The maximum atomic E-state index is 9.73. The summed E-state index contributed by atoms with van der Waals surface area (Å²) in [6.45, 7) is -0.626. The minimum Gasteiger partial charge on any atom is -0.480 e. The van der Waals surface area contributed by atoms with E-state index in [0.29, 0.717) is 0 Å². The smallest absolute Gasteiger partial charge is 0.480 e. The van der Waals surface area contributed by atoms with Crippen LogP contribution < -0.4 is 34.9 Å². The largest absolute Gasteiger partial charge is 1.00 e. The zero-order chi connectivity index (χ0) is 7.28. The molecule has 0 saturated carbocycles. The number of rotatable bonds is 4. The van der Waals surface area contributed by atoms with Crippen LogP contribution in [-0.4, -0.2) is 35.2 Å². The molecule has 0 unspecified atom stereocenters. The van der Waals surface area contributed by atoms with E-state index in [-0.39, 0.29) is 42.6 Å². The molecular formula is C4H7NNaO4+. The molecule has 10 heavy (non-hydrogen) atoms. The van der Waals surface area contributed by atoms with Gasteiger partial charge >= 0.3 is 41.5 Å². The molecule has 0 aliphatic carbocycles. The Balaban J connectivity index is 0. The van der Waals surface area contributed by atoms with Crippen LogP contribution in [0.25, 0.3) is 0 Å². The fourth-order valence-corrected chi connectivity index (χ4v) is 0.276. The van der Waals surface area contributed by atoms with Gasteiger partial charge < -0.3 is 10.2 Å². The first-order valence-corrected chi connectivity index (χ1v) is 2.27. The quantitative estimate of drug-likeness (QED) is 0.359. The van der Waals surface area contributed by atoms with Crippen LogP contribution in [0.2, 0.25) is 0 Å². The fourth-order valence-electron chi connectivity index (χ4n) is 0.276. The summed E-state index contributed by atoms with van der Waals surface area (Å²) in [6, 6.07) is 0. The number of hydrogen-bond acceptors (Lipinski definition) is 3. The Morgan fingerprint density at radius 3 is 1.60 bits per heavy atom. The van der Waals surface area contributed by atoms with E-state index in [0.717, 1.165) is 0 Å². The Kier molecular flexibility index (Phi) is 8.81. The molecule has 52 valence electrons. The van der Waals surface area contributed by atoms with Crippen molar-refractivity contribution >= 4 is 11.9 Å². The molecule has 0 rings (SSSR count). The summed E-state index contributed by atoms with van der Waals surface area (Å²) in [7, 11) is 0. The Labute approximate surface area is 79.7 Å². The van der Waals surface area contributed by atoms with Crippen molar-refractivity contribution in [3.63, 3.8) is 0 Å². The van der Waals surface area contributed by atoms with E-state index >= 15 is 0 Å². The molecule has 0 radical (unpaired) electrons. The van der Waals surface area contributed by atoms with Crippen molar-refractivity contribution in [1.82, 2.24) is 5.32 Å². The Bertz CT molecular complexity index is 112. The zero-order valence-corrected chi connectivity index (χ0v) is 7.63. The van der Waals surface area contributed by atoms with Crippen LogP contribution in [0.15, 0.2) is 0 Å². The first-order chi connectivity index (χ1) is 4.13. The van der Waals surface area contributed by atoms with Crippen molar-refractivity contribution < 1.29 is 49.4 Å². The van der Waals surface area contributed by atoms with E-state index in [2.05, 4.69) is 5.32 Å². The van der Waals surface area contributed by atoms with Gasteiger partial charge in [0.05, 0.1) is 13.1 Å². The molecule has 0 aromatic carbocycles. The van der Waals surface area contributed by atoms with Crippen LogP contribution >= 0.6 is 0 Å². The van der Waals surface area contributed by atoms with Crippen LogP contribution in [0.1, 0.15) is 0 Å². The number of aliphatic carboxylic acids is 2. The summed E-state index contributed by atoms with van der Waals surface area (Å²) in [5.74, 6) is -2.12. The van der Waals surface area contributed by atoms with E-state index < -0.39 is 11.9 Å². The van der Waals surface area contributed by atoms with Crippen molar-refractivity contribution in [3.05, 3.63) is 0 Å². The van der Waals surface area contributed by atoms with Crippen molar-refractivity contribution in [1.29, 1.82) is 0 Å².